The zero-order valence-electron chi connectivity index (χ0n) is 29.5. The number of nitrogens with zero attached hydrogens (tertiary/aromatic N) is 6. The molecular weight excluding hydrogens is 655 g/mol. The van der Waals surface area contributed by atoms with E-state index < -0.39 is 16.1 Å². The number of hydrogen-bond donors (Lipinski definition) is 1. The predicted molar refractivity (Wildman–Crippen MR) is 192 cm³/mol. The molecule has 0 spiro atoms. The van der Waals surface area contributed by atoms with Crippen molar-refractivity contribution >= 4 is 27.7 Å². The number of aryl methyl sites for hydroxylation is 2. The summed E-state index contributed by atoms with van der Waals surface area (Å²) in [6.45, 7) is 12.1. The van der Waals surface area contributed by atoms with Gasteiger partial charge in [0, 0.05) is 30.8 Å². The highest BCUT2D eigenvalue weighted by Gasteiger charge is 2.32. The van der Waals surface area contributed by atoms with Crippen LogP contribution in [0.5, 0.6) is 5.88 Å². The maximum absolute atomic E-state index is 14.5. The number of benzene rings is 2. The molecule has 1 saturated heterocycles. The minimum Gasteiger partial charge on any atom is -0.475 e. The minimum atomic E-state index is -4.18. The van der Waals surface area contributed by atoms with E-state index in [1.54, 1.807) is 42.6 Å². The van der Waals surface area contributed by atoms with Crippen LogP contribution in [0.3, 0.4) is 0 Å². The number of nitrogens with one attached hydrogen (secondary N) is 1. The first-order chi connectivity index (χ1) is 23.8. The Balaban J connectivity index is 1.44. The lowest BCUT2D eigenvalue weighted by Gasteiger charge is -2.41. The van der Waals surface area contributed by atoms with E-state index in [2.05, 4.69) is 45.3 Å². The van der Waals surface area contributed by atoms with Gasteiger partial charge in [0.25, 0.3) is 15.9 Å². The summed E-state index contributed by atoms with van der Waals surface area (Å²) in [4.78, 5) is 36.9. The van der Waals surface area contributed by atoms with Crippen molar-refractivity contribution in [2.75, 3.05) is 36.5 Å². The summed E-state index contributed by atoms with van der Waals surface area (Å²) in [6, 6.07) is 13.5. The molecule has 4 aromatic rings. The first-order valence-corrected chi connectivity index (χ1v) is 18.4. The maximum atomic E-state index is 14.5. The van der Waals surface area contributed by atoms with E-state index in [9.17, 15) is 13.2 Å². The normalized spacial score (nSPS) is 19.0. The summed E-state index contributed by atoms with van der Waals surface area (Å²) in [6.07, 6.45) is 5.81. The van der Waals surface area contributed by atoms with Gasteiger partial charge < -0.3 is 19.3 Å². The molecule has 2 aromatic heterocycles. The monoisotopic (exact) mass is 699 g/mol. The Morgan fingerprint density at radius 1 is 1.00 bits per heavy atom. The van der Waals surface area contributed by atoms with E-state index in [0.29, 0.717) is 24.4 Å². The van der Waals surface area contributed by atoms with Gasteiger partial charge in [0.2, 0.25) is 11.8 Å². The van der Waals surface area contributed by atoms with Gasteiger partial charge in [-0.15, -0.1) is 0 Å². The van der Waals surface area contributed by atoms with Crippen molar-refractivity contribution in [1.82, 2.24) is 24.8 Å². The van der Waals surface area contributed by atoms with Crippen LogP contribution in [-0.4, -0.2) is 78.1 Å². The summed E-state index contributed by atoms with van der Waals surface area (Å²) in [5, 5.41) is 0. The van der Waals surface area contributed by atoms with Crippen LogP contribution < -0.4 is 14.4 Å². The molecule has 2 aliphatic heterocycles. The second-order valence-corrected chi connectivity index (χ2v) is 16.0. The minimum absolute atomic E-state index is 0.0288. The Labute approximate surface area is 294 Å². The standard InChI is InChI=1S/C37H45N7O5S/c1-24-9-7-10-25(2)34(24)31-18-33-41-36(40-31)42-50(46,47)30-12-8-11-26(17-30)35(45)44(28(23-49-33)13-15-37(3,4)5)21-27-19-38-20-32(39-27)43-16-14-29(43)22-48-6/h7-12,17-20,28-29H,13-16,21-23H2,1-6H3,(H,40,41,42)/t28-,29+/m1/s1. The second kappa shape index (κ2) is 14.3. The van der Waals surface area contributed by atoms with Gasteiger partial charge in [0.05, 0.1) is 53.9 Å². The first kappa shape index (κ1) is 35.2. The molecule has 4 bridgehead atoms. The summed E-state index contributed by atoms with van der Waals surface area (Å²) < 4.78 is 41.8. The molecule has 0 unspecified atom stereocenters. The number of rotatable bonds is 8. The van der Waals surface area contributed by atoms with Crippen molar-refractivity contribution in [3.05, 3.63) is 83.3 Å². The fourth-order valence-electron chi connectivity index (χ4n) is 6.40. The summed E-state index contributed by atoms with van der Waals surface area (Å²) in [7, 11) is -2.50. The number of hydrogen-bond acceptors (Lipinski definition) is 10. The molecule has 0 aliphatic carbocycles. The van der Waals surface area contributed by atoms with Crippen molar-refractivity contribution in [3.8, 4) is 17.1 Å². The number of amides is 1. The zero-order valence-corrected chi connectivity index (χ0v) is 30.3. The quantitative estimate of drug-likeness (QED) is 0.240. The number of anilines is 2. The first-order valence-electron chi connectivity index (χ1n) is 16.9. The molecule has 50 heavy (non-hydrogen) atoms. The number of carbonyl (C=O) groups is 1. The van der Waals surface area contributed by atoms with Crippen molar-refractivity contribution in [2.45, 2.75) is 77.4 Å². The number of sulfonamides is 1. The number of carbonyl (C=O) groups excluding carboxylic acids is 1. The lowest BCUT2D eigenvalue weighted by molar-refractivity contribution is 0.0549. The Morgan fingerprint density at radius 2 is 1.76 bits per heavy atom. The van der Waals surface area contributed by atoms with Gasteiger partial charge in [0.15, 0.2) is 0 Å². The highest BCUT2D eigenvalue weighted by atomic mass is 32.2. The number of aromatic nitrogens is 4. The van der Waals surface area contributed by atoms with Gasteiger partial charge in [-0.05, 0) is 67.9 Å². The van der Waals surface area contributed by atoms with Gasteiger partial charge in [-0.2, -0.15) is 4.98 Å². The van der Waals surface area contributed by atoms with Crippen LogP contribution >= 0.6 is 0 Å². The van der Waals surface area contributed by atoms with Crippen LogP contribution in [0.25, 0.3) is 11.3 Å². The number of methoxy groups -OCH3 is 1. The van der Waals surface area contributed by atoms with E-state index >= 15 is 0 Å². The van der Waals surface area contributed by atoms with Crippen LogP contribution in [0.15, 0.2) is 65.8 Å². The third kappa shape index (κ3) is 7.89. The highest BCUT2D eigenvalue weighted by Crippen LogP contribution is 2.32. The zero-order chi connectivity index (χ0) is 35.6. The Bertz CT molecular complexity index is 1960. The average Bonchev–Trinajstić information content (AvgIpc) is 3.05. The molecule has 6 rings (SSSR count). The molecular formula is C37H45N7O5S. The summed E-state index contributed by atoms with van der Waals surface area (Å²) >= 11 is 0. The van der Waals surface area contributed by atoms with Crippen molar-refractivity contribution < 1.29 is 22.7 Å². The maximum Gasteiger partial charge on any atom is 0.264 e. The van der Waals surface area contributed by atoms with E-state index in [-0.39, 0.29) is 52.8 Å². The van der Waals surface area contributed by atoms with E-state index in [1.165, 1.54) is 12.1 Å². The number of fused-ring (bicyclic) bond motifs is 4. The average molecular weight is 700 g/mol. The Hall–Kier alpha value is -4.62. The SMILES string of the molecule is COC[C@@H]1CCN1c1cncc(CN2C(=O)c3cccc(c3)S(=O)(=O)Nc3nc(cc(-c4c(C)cccc4C)n3)OC[C@H]2CCC(C)(C)C)n1. The van der Waals surface area contributed by atoms with Crippen molar-refractivity contribution in [1.29, 1.82) is 0 Å². The molecule has 264 valence electrons. The molecule has 1 amide bonds. The predicted octanol–water partition coefficient (Wildman–Crippen LogP) is 5.81. The van der Waals surface area contributed by atoms with Crippen molar-refractivity contribution in [3.63, 3.8) is 0 Å². The van der Waals surface area contributed by atoms with Gasteiger partial charge in [-0.25, -0.2) is 23.1 Å². The molecule has 2 aromatic carbocycles. The van der Waals surface area contributed by atoms with E-state index in [4.69, 9.17) is 14.5 Å². The molecule has 0 radical (unpaired) electrons. The largest absolute Gasteiger partial charge is 0.475 e. The fraction of sp³-hybridized carbons (Fsp3) is 0.432. The Kier molecular flexibility index (Phi) is 10.1. The van der Waals surface area contributed by atoms with Crippen LogP contribution in [0.4, 0.5) is 11.8 Å². The van der Waals surface area contributed by atoms with Crippen LogP contribution in [0.1, 0.15) is 67.2 Å². The smallest absolute Gasteiger partial charge is 0.264 e. The molecule has 4 heterocycles. The Morgan fingerprint density at radius 3 is 2.46 bits per heavy atom. The highest BCUT2D eigenvalue weighted by molar-refractivity contribution is 7.92. The van der Waals surface area contributed by atoms with Crippen LogP contribution in [0.2, 0.25) is 0 Å². The molecule has 0 saturated carbocycles. The van der Waals surface area contributed by atoms with Crippen LogP contribution in [0, 0.1) is 19.3 Å². The lowest BCUT2D eigenvalue weighted by atomic mass is 9.88. The van der Waals surface area contributed by atoms with Gasteiger partial charge >= 0.3 is 0 Å². The summed E-state index contributed by atoms with van der Waals surface area (Å²) in [5.74, 6) is 0.455. The van der Waals surface area contributed by atoms with Gasteiger partial charge in [0.1, 0.15) is 12.4 Å². The third-order valence-corrected chi connectivity index (χ3v) is 10.5. The molecule has 2 atom stereocenters. The molecule has 1 N–H and O–H groups in total. The molecule has 13 heteroatoms. The molecule has 12 nitrogen and oxygen atoms in total. The van der Waals surface area contributed by atoms with Gasteiger partial charge in [-0.1, -0.05) is 45.0 Å². The fourth-order valence-corrected chi connectivity index (χ4v) is 7.39. The number of ether oxygens (including phenoxy) is 2. The third-order valence-electron chi connectivity index (χ3n) is 9.21. The summed E-state index contributed by atoms with van der Waals surface area (Å²) in [5.41, 5.74) is 4.14. The lowest BCUT2D eigenvalue weighted by Crippen LogP contribution is -2.51. The molecule has 1 fully saturated rings. The van der Waals surface area contributed by atoms with E-state index in [1.807, 2.05) is 32.0 Å². The van der Waals surface area contributed by atoms with E-state index in [0.717, 1.165) is 41.9 Å². The molecule has 2 aliphatic rings. The second-order valence-electron chi connectivity index (χ2n) is 14.3. The topological polar surface area (TPSA) is 140 Å². The van der Waals surface area contributed by atoms with Crippen molar-refractivity contribution in [2.24, 2.45) is 5.41 Å². The van der Waals surface area contributed by atoms with Gasteiger partial charge in [-0.3, -0.25) is 9.78 Å². The van der Waals surface area contributed by atoms with Crippen LogP contribution in [-0.2, 0) is 21.3 Å².